The van der Waals surface area contributed by atoms with Gasteiger partial charge >= 0.3 is 0 Å². The molecule has 2 heterocycles. The molecule has 4 rings (SSSR count). The van der Waals surface area contributed by atoms with Crippen LogP contribution in [0.5, 0.6) is 0 Å². The topological polar surface area (TPSA) is 0 Å². The summed E-state index contributed by atoms with van der Waals surface area (Å²) in [5.41, 5.74) is 0. The van der Waals surface area contributed by atoms with Crippen molar-refractivity contribution in [3.05, 3.63) is 48.5 Å². The van der Waals surface area contributed by atoms with Gasteiger partial charge in [-0.15, -0.1) is 22.7 Å². The molecule has 0 nitrogen and oxygen atoms in total. The predicted octanol–water partition coefficient (Wildman–Crippen LogP) is 4.87. The molecule has 0 spiro atoms. The van der Waals surface area contributed by atoms with Crippen molar-refractivity contribution in [3.8, 4) is 0 Å². The summed E-state index contributed by atoms with van der Waals surface area (Å²) < 4.78 is 5.48. The fourth-order valence-electron chi connectivity index (χ4n) is 2.04. The van der Waals surface area contributed by atoms with E-state index in [-0.39, 0.29) is 0 Å². The summed E-state index contributed by atoms with van der Waals surface area (Å²) in [6.07, 6.45) is 0. The minimum Gasteiger partial charge on any atom is -0.134 e. The van der Waals surface area contributed by atoms with Crippen molar-refractivity contribution in [1.82, 2.24) is 0 Å². The average Bonchev–Trinajstić information content (AvgIpc) is 2.85. The second kappa shape index (κ2) is 3.06. The lowest BCUT2D eigenvalue weighted by molar-refractivity contribution is 1.84. The van der Waals surface area contributed by atoms with Crippen molar-refractivity contribution in [2.75, 3.05) is 0 Å². The van der Waals surface area contributed by atoms with Crippen LogP contribution in [0.15, 0.2) is 36.4 Å². The van der Waals surface area contributed by atoms with E-state index in [1.807, 2.05) is 34.8 Å². The largest absolute Gasteiger partial charge is 0.134 e. The maximum absolute atomic E-state index is 3.14. The molecule has 0 unspecified atom stereocenters. The fraction of sp³-hybridized carbons (Fsp3) is 0. The third-order valence-corrected chi connectivity index (χ3v) is 5.27. The number of benzene rings is 2. The number of rotatable bonds is 0. The van der Waals surface area contributed by atoms with Gasteiger partial charge in [0.05, 0.1) is 9.40 Å². The number of hydrogen-bond donors (Lipinski definition) is 0. The van der Waals surface area contributed by atoms with E-state index in [1.165, 1.54) is 29.6 Å². The normalized spacial score (nSPS) is 11.8. The molecule has 2 radical (unpaired) electrons. The van der Waals surface area contributed by atoms with E-state index >= 15 is 0 Å². The molecule has 0 aliphatic heterocycles. The highest BCUT2D eigenvalue weighted by Crippen LogP contribution is 2.43. The molecule has 0 atom stereocenters. The van der Waals surface area contributed by atoms with Crippen LogP contribution >= 0.6 is 22.7 Å². The lowest BCUT2D eigenvalue weighted by Gasteiger charge is -1.86. The molecule has 0 bridgehead atoms. The minimum atomic E-state index is 1.33. The van der Waals surface area contributed by atoms with Crippen molar-refractivity contribution in [1.29, 1.82) is 0 Å². The monoisotopic (exact) mass is 238 g/mol. The number of fused-ring (bicyclic) bond motifs is 5. The van der Waals surface area contributed by atoms with Gasteiger partial charge in [-0.2, -0.15) is 0 Å². The Morgan fingerprint density at radius 2 is 1.25 bits per heavy atom. The number of thiophene rings is 2. The molecule has 74 valence electrons. The van der Waals surface area contributed by atoms with Gasteiger partial charge in [0.25, 0.3) is 0 Å². The van der Waals surface area contributed by atoms with Crippen molar-refractivity contribution in [2.45, 2.75) is 0 Å². The van der Waals surface area contributed by atoms with Crippen molar-refractivity contribution in [3.63, 3.8) is 0 Å². The zero-order valence-corrected chi connectivity index (χ0v) is 9.91. The Hall–Kier alpha value is -1.38. The molecule has 16 heavy (non-hydrogen) atoms. The first-order valence-corrected chi connectivity index (χ1v) is 6.68. The van der Waals surface area contributed by atoms with Crippen molar-refractivity contribution in [2.24, 2.45) is 0 Å². The van der Waals surface area contributed by atoms with E-state index in [9.17, 15) is 0 Å². The fourth-order valence-corrected chi connectivity index (χ4v) is 4.66. The Labute approximate surface area is 101 Å². The Morgan fingerprint density at radius 1 is 0.750 bits per heavy atom. The van der Waals surface area contributed by atoms with E-state index in [0.29, 0.717) is 0 Å². The second-order valence-electron chi connectivity index (χ2n) is 3.71. The Morgan fingerprint density at radius 3 is 1.75 bits per heavy atom. The lowest BCUT2D eigenvalue weighted by atomic mass is 10.2. The van der Waals surface area contributed by atoms with Gasteiger partial charge in [-0.25, -0.2) is 0 Å². The van der Waals surface area contributed by atoms with Crippen molar-refractivity contribution < 1.29 is 0 Å². The Bertz CT molecular complexity index is 735. The molecule has 0 N–H and O–H groups in total. The van der Waals surface area contributed by atoms with E-state index < -0.39 is 0 Å². The first-order valence-electron chi connectivity index (χ1n) is 5.04. The predicted molar refractivity (Wildman–Crippen MR) is 72.4 cm³/mol. The van der Waals surface area contributed by atoms with Crippen LogP contribution in [0.4, 0.5) is 0 Å². The van der Waals surface area contributed by atoms with Gasteiger partial charge in [-0.1, -0.05) is 24.3 Å². The second-order valence-corrected chi connectivity index (χ2v) is 5.81. The maximum Gasteiger partial charge on any atom is 0.0542 e. The molecular formula is C14H6S2. The summed E-state index contributed by atoms with van der Waals surface area (Å²) in [7, 11) is 0. The molecule has 0 aliphatic carbocycles. The van der Waals surface area contributed by atoms with Gasteiger partial charge in [0.15, 0.2) is 0 Å². The summed E-state index contributed by atoms with van der Waals surface area (Å²) in [5, 5.41) is 2.72. The summed E-state index contributed by atoms with van der Waals surface area (Å²) in [5.74, 6) is 0. The first kappa shape index (κ1) is 8.74. The molecule has 0 fully saturated rings. The van der Waals surface area contributed by atoms with Crippen LogP contribution in [0.25, 0.3) is 29.6 Å². The lowest BCUT2D eigenvalue weighted by Crippen LogP contribution is -1.59. The highest BCUT2D eigenvalue weighted by Gasteiger charge is 2.10. The molecular weight excluding hydrogens is 232 g/mol. The van der Waals surface area contributed by atoms with Gasteiger partial charge in [0.2, 0.25) is 0 Å². The molecule has 0 amide bonds. The third kappa shape index (κ3) is 1.03. The van der Waals surface area contributed by atoms with Crippen LogP contribution < -0.4 is 0 Å². The van der Waals surface area contributed by atoms with Gasteiger partial charge in [0.1, 0.15) is 0 Å². The first-order chi connectivity index (χ1) is 7.93. The van der Waals surface area contributed by atoms with Crippen LogP contribution in [0.3, 0.4) is 0 Å². The minimum absolute atomic E-state index is 1.33. The molecule has 2 aromatic carbocycles. The van der Waals surface area contributed by atoms with Crippen molar-refractivity contribution >= 4 is 52.2 Å². The quantitative estimate of drug-likeness (QED) is 0.410. The van der Waals surface area contributed by atoms with Crippen LogP contribution in [0.2, 0.25) is 0 Å². The van der Waals surface area contributed by atoms with E-state index in [2.05, 4.69) is 36.4 Å². The SMILES string of the molecule is [c]1ccc2c(c1)sc1c3cc[c]cc3sc21. The van der Waals surface area contributed by atoms with Crippen LogP contribution in [-0.2, 0) is 0 Å². The van der Waals surface area contributed by atoms with Gasteiger partial charge < -0.3 is 0 Å². The van der Waals surface area contributed by atoms with Gasteiger partial charge in [-0.3, -0.25) is 0 Å². The van der Waals surface area contributed by atoms with Crippen LogP contribution in [0, 0.1) is 12.1 Å². The van der Waals surface area contributed by atoms with Gasteiger partial charge in [-0.05, 0) is 24.3 Å². The Balaban J connectivity index is 2.35. The Kier molecular flexibility index (Phi) is 1.67. The summed E-state index contributed by atoms with van der Waals surface area (Å²) in [6.45, 7) is 0. The van der Waals surface area contributed by atoms with E-state index in [1.54, 1.807) is 0 Å². The van der Waals surface area contributed by atoms with E-state index in [4.69, 9.17) is 0 Å². The summed E-state index contributed by atoms with van der Waals surface area (Å²) in [6, 6.07) is 18.7. The molecule has 2 aromatic heterocycles. The van der Waals surface area contributed by atoms with Crippen LogP contribution in [-0.4, -0.2) is 0 Å². The van der Waals surface area contributed by atoms with Gasteiger partial charge in [0, 0.05) is 20.2 Å². The summed E-state index contributed by atoms with van der Waals surface area (Å²) >= 11 is 3.73. The zero-order chi connectivity index (χ0) is 10.5. The third-order valence-electron chi connectivity index (χ3n) is 2.77. The highest BCUT2D eigenvalue weighted by atomic mass is 32.1. The standard InChI is InChI=1S/C14H6S2/c1-3-7-11-9(5-1)13-14(15-11)10-6-2-4-8-12(10)16-13/h1-2,5-8H. The smallest absolute Gasteiger partial charge is 0.0542 e. The molecule has 0 aliphatic rings. The molecule has 4 aromatic rings. The van der Waals surface area contributed by atoms with E-state index in [0.717, 1.165) is 0 Å². The molecule has 2 heteroatoms. The number of hydrogen-bond acceptors (Lipinski definition) is 2. The highest BCUT2D eigenvalue weighted by molar-refractivity contribution is 7.36. The summed E-state index contributed by atoms with van der Waals surface area (Å²) in [4.78, 5) is 0. The molecule has 0 saturated carbocycles. The zero-order valence-electron chi connectivity index (χ0n) is 8.28. The van der Waals surface area contributed by atoms with Crippen LogP contribution in [0.1, 0.15) is 0 Å². The molecule has 0 saturated heterocycles. The average molecular weight is 238 g/mol. The maximum atomic E-state index is 3.14.